The van der Waals surface area contributed by atoms with Crippen molar-refractivity contribution in [1.82, 2.24) is 15.5 Å². The number of carbonyl (C=O) groups excluding carboxylic acids is 1. The van der Waals surface area contributed by atoms with Crippen LogP contribution in [-0.4, -0.2) is 29.0 Å². The topological polar surface area (TPSA) is 76.1 Å². The average molecular weight is 401 g/mol. The highest BCUT2D eigenvalue weighted by atomic mass is 32.2. The van der Waals surface area contributed by atoms with Crippen LogP contribution in [0.2, 0.25) is 0 Å². The molecule has 140 valence electrons. The Hall–Kier alpha value is -2.58. The van der Waals surface area contributed by atoms with E-state index >= 15 is 0 Å². The van der Waals surface area contributed by atoms with Crippen LogP contribution in [0, 0.1) is 0 Å². The Morgan fingerprint density at radius 1 is 1.15 bits per heavy atom. The number of thioether (sulfide) groups is 1. The number of aromatic nitrogens is 2. The van der Waals surface area contributed by atoms with Crippen molar-refractivity contribution in [3.8, 4) is 5.75 Å². The van der Waals surface area contributed by atoms with E-state index in [4.69, 9.17) is 4.74 Å². The molecule has 0 radical (unpaired) electrons. The molecule has 1 aromatic heterocycles. The molecule has 8 heteroatoms. The van der Waals surface area contributed by atoms with Crippen molar-refractivity contribution in [2.75, 3.05) is 18.2 Å². The monoisotopic (exact) mass is 400 g/mol. The number of hydrogen-bond donors (Lipinski definition) is 2. The molecule has 6 nitrogen and oxygen atoms in total. The second kappa shape index (κ2) is 9.38. The number of carbonyl (C=O) groups is 1. The van der Waals surface area contributed by atoms with E-state index < -0.39 is 0 Å². The van der Waals surface area contributed by atoms with Gasteiger partial charge in [0.2, 0.25) is 11.0 Å². The van der Waals surface area contributed by atoms with Gasteiger partial charge in [-0.15, -0.1) is 10.2 Å². The minimum Gasteiger partial charge on any atom is -0.496 e. The molecule has 1 unspecified atom stereocenters. The van der Waals surface area contributed by atoms with E-state index in [0.29, 0.717) is 5.13 Å². The zero-order valence-corrected chi connectivity index (χ0v) is 16.6. The maximum atomic E-state index is 12.3. The highest BCUT2D eigenvalue weighted by Gasteiger charge is 2.14. The minimum atomic E-state index is -0.140. The fourth-order valence-corrected chi connectivity index (χ4v) is 4.06. The summed E-state index contributed by atoms with van der Waals surface area (Å²) >= 11 is 2.79. The summed E-state index contributed by atoms with van der Waals surface area (Å²) in [5, 5.41) is 15.1. The lowest BCUT2D eigenvalue weighted by Crippen LogP contribution is -2.28. The fraction of sp³-hybridized carbons (Fsp3) is 0.211. The number of methoxy groups -OCH3 is 1. The lowest BCUT2D eigenvalue weighted by molar-refractivity contribution is -0.119. The smallest absolute Gasteiger partial charge is 0.230 e. The maximum Gasteiger partial charge on any atom is 0.230 e. The summed E-state index contributed by atoms with van der Waals surface area (Å²) in [5.74, 6) is 0.976. The Labute approximate surface area is 166 Å². The molecular weight excluding hydrogens is 380 g/mol. The molecule has 0 bridgehead atoms. The van der Waals surface area contributed by atoms with Crippen molar-refractivity contribution in [3.05, 3.63) is 60.2 Å². The molecule has 0 fully saturated rings. The number of hydrogen-bond acceptors (Lipinski definition) is 7. The van der Waals surface area contributed by atoms with E-state index in [1.54, 1.807) is 7.11 Å². The minimum absolute atomic E-state index is 0.0637. The maximum absolute atomic E-state index is 12.3. The average Bonchev–Trinajstić information content (AvgIpc) is 3.14. The highest BCUT2D eigenvalue weighted by Crippen LogP contribution is 2.28. The molecule has 0 aliphatic heterocycles. The van der Waals surface area contributed by atoms with E-state index in [-0.39, 0.29) is 17.7 Å². The number of nitrogens with zero attached hydrogens (tertiary/aromatic N) is 2. The van der Waals surface area contributed by atoms with Gasteiger partial charge in [-0.3, -0.25) is 4.79 Å². The lowest BCUT2D eigenvalue weighted by Gasteiger charge is -2.16. The van der Waals surface area contributed by atoms with Crippen LogP contribution in [0.25, 0.3) is 0 Å². The fourth-order valence-electron chi connectivity index (χ4n) is 2.48. The van der Waals surface area contributed by atoms with Crippen LogP contribution in [0.5, 0.6) is 5.75 Å². The van der Waals surface area contributed by atoms with Crippen LogP contribution in [0.4, 0.5) is 10.8 Å². The third-order valence-corrected chi connectivity index (χ3v) is 5.71. The Morgan fingerprint density at radius 2 is 1.89 bits per heavy atom. The standard InChI is InChI=1S/C19H20N4O2S2/c1-13(15-10-6-7-11-16(15)25-2)20-17(24)12-26-19-23-22-18(27-19)21-14-8-4-3-5-9-14/h3-11,13H,12H2,1-2H3,(H,20,24)(H,21,22). The van der Waals surface area contributed by atoms with Crippen LogP contribution in [0.15, 0.2) is 58.9 Å². The third-order valence-electron chi connectivity index (χ3n) is 3.74. The molecule has 1 amide bonds. The summed E-state index contributed by atoms with van der Waals surface area (Å²) in [6.07, 6.45) is 0. The number of anilines is 2. The molecule has 2 aromatic carbocycles. The summed E-state index contributed by atoms with van der Waals surface area (Å²) in [5.41, 5.74) is 1.90. The van der Waals surface area contributed by atoms with Gasteiger partial charge in [0.25, 0.3) is 0 Å². The molecule has 0 saturated heterocycles. The summed E-state index contributed by atoms with van der Waals surface area (Å²) in [7, 11) is 1.62. The Bertz CT molecular complexity index is 886. The summed E-state index contributed by atoms with van der Waals surface area (Å²) in [6, 6.07) is 17.3. The van der Waals surface area contributed by atoms with Crippen LogP contribution in [-0.2, 0) is 4.79 Å². The molecule has 3 rings (SSSR count). The molecule has 0 aliphatic rings. The van der Waals surface area contributed by atoms with Crippen molar-refractivity contribution in [1.29, 1.82) is 0 Å². The second-order valence-corrected chi connectivity index (χ2v) is 7.88. The van der Waals surface area contributed by atoms with E-state index in [0.717, 1.165) is 21.3 Å². The normalized spacial score (nSPS) is 11.6. The molecule has 0 saturated carbocycles. The number of ether oxygens (including phenoxy) is 1. The number of nitrogens with one attached hydrogen (secondary N) is 2. The van der Waals surface area contributed by atoms with Gasteiger partial charge in [0, 0.05) is 11.3 Å². The molecular formula is C19H20N4O2S2. The molecule has 0 spiro atoms. The summed E-state index contributed by atoms with van der Waals surface area (Å²) in [4.78, 5) is 12.3. The molecule has 0 aliphatic carbocycles. The lowest BCUT2D eigenvalue weighted by atomic mass is 10.1. The van der Waals surface area contributed by atoms with Gasteiger partial charge in [0.1, 0.15) is 5.75 Å². The summed E-state index contributed by atoms with van der Waals surface area (Å²) in [6.45, 7) is 1.94. The first-order chi connectivity index (χ1) is 13.2. The van der Waals surface area contributed by atoms with Crippen LogP contribution in [0.3, 0.4) is 0 Å². The van der Waals surface area contributed by atoms with E-state index in [2.05, 4.69) is 20.8 Å². The first kappa shape index (κ1) is 19.2. The molecule has 1 atom stereocenters. The zero-order valence-electron chi connectivity index (χ0n) is 15.0. The molecule has 2 N–H and O–H groups in total. The summed E-state index contributed by atoms with van der Waals surface area (Å²) < 4.78 is 6.09. The first-order valence-electron chi connectivity index (χ1n) is 8.36. The van der Waals surface area contributed by atoms with E-state index in [1.807, 2.05) is 61.5 Å². The zero-order chi connectivity index (χ0) is 19.1. The van der Waals surface area contributed by atoms with Gasteiger partial charge in [-0.2, -0.15) is 0 Å². The van der Waals surface area contributed by atoms with Gasteiger partial charge in [-0.25, -0.2) is 0 Å². The van der Waals surface area contributed by atoms with Crippen molar-refractivity contribution in [2.45, 2.75) is 17.3 Å². The first-order valence-corrected chi connectivity index (χ1v) is 10.2. The van der Waals surface area contributed by atoms with Crippen molar-refractivity contribution in [3.63, 3.8) is 0 Å². The van der Waals surface area contributed by atoms with Gasteiger partial charge in [-0.1, -0.05) is 59.5 Å². The Balaban J connectivity index is 1.50. The predicted octanol–water partition coefficient (Wildman–Crippen LogP) is 4.26. The number of benzene rings is 2. The quantitative estimate of drug-likeness (QED) is 0.550. The van der Waals surface area contributed by atoms with Crippen LogP contribution >= 0.6 is 23.1 Å². The molecule has 3 aromatic rings. The van der Waals surface area contributed by atoms with Crippen molar-refractivity contribution < 1.29 is 9.53 Å². The van der Waals surface area contributed by atoms with Gasteiger partial charge in [0.05, 0.1) is 18.9 Å². The van der Waals surface area contributed by atoms with Gasteiger partial charge >= 0.3 is 0 Å². The van der Waals surface area contributed by atoms with Gasteiger partial charge in [0.15, 0.2) is 4.34 Å². The van der Waals surface area contributed by atoms with Crippen molar-refractivity contribution >= 4 is 39.8 Å². The largest absolute Gasteiger partial charge is 0.496 e. The molecule has 1 heterocycles. The SMILES string of the molecule is COc1ccccc1C(C)NC(=O)CSc1nnc(Nc2ccccc2)s1. The Kier molecular flexibility index (Phi) is 6.67. The number of rotatable bonds is 8. The predicted molar refractivity (Wildman–Crippen MR) is 110 cm³/mol. The number of para-hydroxylation sites is 2. The highest BCUT2D eigenvalue weighted by molar-refractivity contribution is 8.01. The third kappa shape index (κ3) is 5.45. The number of amides is 1. The van der Waals surface area contributed by atoms with E-state index in [9.17, 15) is 4.79 Å². The van der Waals surface area contributed by atoms with Gasteiger partial charge < -0.3 is 15.4 Å². The van der Waals surface area contributed by atoms with Crippen LogP contribution in [0.1, 0.15) is 18.5 Å². The van der Waals surface area contributed by atoms with Crippen molar-refractivity contribution in [2.24, 2.45) is 0 Å². The van der Waals surface area contributed by atoms with Gasteiger partial charge in [-0.05, 0) is 25.1 Å². The Morgan fingerprint density at radius 3 is 2.67 bits per heavy atom. The second-order valence-electron chi connectivity index (χ2n) is 5.68. The van der Waals surface area contributed by atoms with E-state index in [1.165, 1.54) is 23.1 Å². The van der Waals surface area contributed by atoms with Crippen LogP contribution < -0.4 is 15.4 Å². The molecule has 27 heavy (non-hydrogen) atoms.